The lowest BCUT2D eigenvalue weighted by molar-refractivity contribution is -0.147. The fourth-order valence-corrected chi connectivity index (χ4v) is 6.47. The van der Waals surface area contributed by atoms with Crippen molar-refractivity contribution >= 4 is 29.6 Å². The lowest BCUT2D eigenvalue weighted by Gasteiger charge is -2.41. The molecule has 0 radical (unpaired) electrons. The second-order valence-electron chi connectivity index (χ2n) is 12.9. The fraction of sp³-hybridized carbons (Fsp3) is 0.611. The number of piperidine rings is 1. The predicted octanol–water partition coefficient (Wildman–Crippen LogP) is 5.23. The van der Waals surface area contributed by atoms with Crippen molar-refractivity contribution in [3.63, 3.8) is 0 Å². The second-order valence-corrected chi connectivity index (χ2v) is 12.9. The van der Waals surface area contributed by atoms with E-state index in [4.69, 9.17) is 4.74 Å². The van der Waals surface area contributed by atoms with Gasteiger partial charge in [-0.3, -0.25) is 24.2 Å². The van der Waals surface area contributed by atoms with Crippen molar-refractivity contribution in [1.29, 1.82) is 0 Å². The number of hydrogen-bond acceptors (Lipinski definition) is 6. The number of nitrogens with one attached hydrogen (secondary N) is 2. The molecule has 9 heteroatoms. The van der Waals surface area contributed by atoms with Crippen molar-refractivity contribution in [1.82, 2.24) is 20.7 Å². The van der Waals surface area contributed by atoms with Gasteiger partial charge in [-0.05, 0) is 75.0 Å². The molecule has 0 spiro atoms. The van der Waals surface area contributed by atoms with Gasteiger partial charge in [0.1, 0.15) is 17.9 Å². The summed E-state index contributed by atoms with van der Waals surface area (Å²) in [6.07, 6.45) is 9.06. The molecule has 0 bridgehead atoms. The molecule has 2 aliphatic rings. The number of amides is 3. The number of rotatable bonds is 15. The molecule has 1 aromatic carbocycles. The summed E-state index contributed by atoms with van der Waals surface area (Å²) in [6, 6.07) is 6.80. The minimum Gasteiger partial charge on any atom is -0.381 e. The Balaban J connectivity index is 1.62. The molecule has 6 atom stereocenters. The highest BCUT2D eigenvalue weighted by Gasteiger charge is 2.37. The molecule has 2 N–H and O–H groups in total. The third kappa shape index (κ3) is 9.60. The van der Waals surface area contributed by atoms with Crippen molar-refractivity contribution in [2.24, 2.45) is 17.8 Å². The molecular weight excluding hydrogens is 568 g/mol. The van der Waals surface area contributed by atoms with E-state index in [1.54, 1.807) is 20.1 Å². The molecule has 3 amide bonds. The number of allylic oxidation sites excluding steroid dienone is 1. The molecule has 1 aromatic rings. The van der Waals surface area contributed by atoms with Crippen LogP contribution in [0.3, 0.4) is 0 Å². The first-order valence-electron chi connectivity index (χ1n) is 16.6. The van der Waals surface area contributed by atoms with Crippen LogP contribution in [0.25, 0.3) is 6.08 Å². The maximum atomic E-state index is 13.8. The second kappa shape index (κ2) is 17.4. The predicted molar refractivity (Wildman–Crippen MR) is 178 cm³/mol. The van der Waals surface area contributed by atoms with Crippen LogP contribution in [0.4, 0.5) is 0 Å². The number of Topliss-reactive ketones (excluding diaryl/α,β-unsaturated/α-hetero) is 1. The van der Waals surface area contributed by atoms with E-state index in [1.165, 1.54) is 5.01 Å². The maximum absolute atomic E-state index is 13.8. The van der Waals surface area contributed by atoms with Crippen LogP contribution in [0.5, 0.6) is 0 Å². The summed E-state index contributed by atoms with van der Waals surface area (Å²) in [5.74, 6) is -1.71. The van der Waals surface area contributed by atoms with E-state index in [1.807, 2.05) is 43.9 Å². The van der Waals surface area contributed by atoms with Gasteiger partial charge in [0.25, 0.3) is 5.91 Å². The molecule has 9 nitrogen and oxygen atoms in total. The number of hydrazine groups is 1. The highest BCUT2D eigenvalue weighted by Crippen LogP contribution is 2.33. The van der Waals surface area contributed by atoms with Crippen molar-refractivity contribution in [2.45, 2.75) is 103 Å². The zero-order chi connectivity index (χ0) is 33.1. The molecule has 248 valence electrons. The van der Waals surface area contributed by atoms with Crippen molar-refractivity contribution in [3.05, 3.63) is 54.6 Å². The number of nitrogens with zero attached hydrogens (tertiary/aromatic N) is 2. The van der Waals surface area contributed by atoms with Gasteiger partial charge in [-0.15, -0.1) is 6.58 Å². The summed E-state index contributed by atoms with van der Waals surface area (Å²) in [7, 11) is 1.59. The summed E-state index contributed by atoms with van der Waals surface area (Å²) >= 11 is 0. The van der Waals surface area contributed by atoms with Gasteiger partial charge in [0.2, 0.25) is 11.8 Å². The molecule has 0 aromatic heterocycles. The molecule has 0 saturated carbocycles. The van der Waals surface area contributed by atoms with E-state index in [0.717, 1.165) is 36.8 Å². The van der Waals surface area contributed by atoms with Gasteiger partial charge in [-0.2, -0.15) is 0 Å². The number of methoxy groups -OCH3 is 1. The number of likely N-dealkylation sites (tertiary alicyclic amines) is 1. The SMILES string of the molecule is C=CCCC(OC)C(C)C(=O)CC(C(=O)NC(C)C(=O)N1CCCC(C(=O)N2CCCCC2c2cccc(C=C)c2)N1)C(C)C. The number of ketones is 1. The standard InChI is InChI=1S/C36H54N4O5/c1-8-10-19-33(45-7)25(5)32(41)23-29(24(3)4)34(42)37-26(6)35(43)40-21-14-17-30(38-40)36(44)39-20-12-11-18-31(39)28-16-13-15-27(9-2)22-28/h8-9,13,15-16,22,24-26,29-31,33,38H,1-2,10-12,14,17-21,23H2,3-7H3,(H,37,42). The average Bonchev–Trinajstić information content (AvgIpc) is 3.06. The van der Waals surface area contributed by atoms with Crippen LogP contribution in [0.15, 0.2) is 43.5 Å². The Hall–Kier alpha value is -3.30. The Bertz CT molecular complexity index is 1200. The molecular formula is C36H54N4O5. The largest absolute Gasteiger partial charge is 0.381 e. The minimum absolute atomic E-state index is 0.00662. The molecule has 0 aliphatic carbocycles. The monoisotopic (exact) mass is 622 g/mol. The molecule has 3 rings (SSSR count). The smallest absolute Gasteiger partial charge is 0.258 e. The van der Waals surface area contributed by atoms with Crippen LogP contribution in [0.1, 0.15) is 96.2 Å². The Morgan fingerprint density at radius 3 is 2.49 bits per heavy atom. The normalized spacial score (nSPS) is 21.4. The zero-order valence-electron chi connectivity index (χ0n) is 27.9. The molecule has 2 saturated heterocycles. The van der Waals surface area contributed by atoms with Gasteiger partial charge in [0.05, 0.1) is 12.1 Å². The Morgan fingerprint density at radius 2 is 1.82 bits per heavy atom. The van der Waals surface area contributed by atoms with Crippen LogP contribution in [0, 0.1) is 17.8 Å². The first-order chi connectivity index (χ1) is 21.5. The van der Waals surface area contributed by atoms with Crippen LogP contribution >= 0.6 is 0 Å². The summed E-state index contributed by atoms with van der Waals surface area (Å²) in [5, 5.41) is 4.34. The van der Waals surface area contributed by atoms with Gasteiger partial charge < -0.3 is 15.0 Å². The lowest BCUT2D eigenvalue weighted by atomic mass is 9.84. The highest BCUT2D eigenvalue weighted by molar-refractivity contribution is 5.92. The van der Waals surface area contributed by atoms with Gasteiger partial charge in [0, 0.05) is 38.5 Å². The quantitative estimate of drug-likeness (QED) is 0.260. The number of hydrogen-bond donors (Lipinski definition) is 2. The first kappa shape index (κ1) is 36.2. The Kier molecular flexibility index (Phi) is 14.0. The third-order valence-electron chi connectivity index (χ3n) is 9.38. The molecule has 6 unspecified atom stereocenters. The Labute approximate surface area is 269 Å². The number of benzene rings is 1. The fourth-order valence-electron chi connectivity index (χ4n) is 6.47. The van der Waals surface area contributed by atoms with Gasteiger partial charge in [-0.1, -0.05) is 57.7 Å². The number of ether oxygens (including phenoxy) is 1. The van der Waals surface area contributed by atoms with E-state index < -0.39 is 18.0 Å². The van der Waals surface area contributed by atoms with Gasteiger partial charge >= 0.3 is 0 Å². The summed E-state index contributed by atoms with van der Waals surface area (Å²) in [6.45, 7) is 16.0. The first-order valence-corrected chi connectivity index (χ1v) is 16.6. The summed E-state index contributed by atoms with van der Waals surface area (Å²) < 4.78 is 5.55. The van der Waals surface area contributed by atoms with Crippen LogP contribution < -0.4 is 10.7 Å². The van der Waals surface area contributed by atoms with Gasteiger partial charge in [-0.25, -0.2) is 5.43 Å². The minimum atomic E-state index is -0.823. The number of carbonyl (C=O) groups is 4. The third-order valence-corrected chi connectivity index (χ3v) is 9.38. The molecule has 45 heavy (non-hydrogen) atoms. The van der Waals surface area contributed by atoms with E-state index >= 15 is 0 Å². The maximum Gasteiger partial charge on any atom is 0.258 e. The summed E-state index contributed by atoms with van der Waals surface area (Å²) in [5.41, 5.74) is 5.31. The molecule has 2 heterocycles. The molecule has 2 fully saturated rings. The summed E-state index contributed by atoms with van der Waals surface area (Å²) in [4.78, 5) is 55.9. The lowest BCUT2D eigenvalue weighted by Crippen LogP contribution is -2.61. The van der Waals surface area contributed by atoms with E-state index in [2.05, 4.69) is 36.0 Å². The van der Waals surface area contributed by atoms with Crippen LogP contribution in [0.2, 0.25) is 0 Å². The number of carbonyl (C=O) groups excluding carboxylic acids is 4. The van der Waals surface area contributed by atoms with Crippen LogP contribution in [-0.2, 0) is 23.9 Å². The van der Waals surface area contributed by atoms with E-state index in [-0.39, 0.29) is 53.9 Å². The van der Waals surface area contributed by atoms with E-state index in [9.17, 15) is 19.2 Å². The van der Waals surface area contributed by atoms with Crippen molar-refractivity contribution in [2.75, 3.05) is 20.2 Å². The van der Waals surface area contributed by atoms with E-state index in [0.29, 0.717) is 32.4 Å². The topological polar surface area (TPSA) is 108 Å². The average molecular weight is 623 g/mol. The highest BCUT2D eigenvalue weighted by atomic mass is 16.5. The van der Waals surface area contributed by atoms with Gasteiger partial charge in [0.15, 0.2) is 0 Å². The van der Waals surface area contributed by atoms with Crippen LogP contribution in [-0.4, -0.2) is 71.8 Å². The Morgan fingerprint density at radius 1 is 1.07 bits per heavy atom. The van der Waals surface area contributed by atoms with Crippen molar-refractivity contribution in [3.8, 4) is 0 Å². The zero-order valence-corrected chi connectivity index (χ0v) is 27.9. The van der Waals surface area contributed by atoms with Crippen molar-refractivity contribution < 1.29 is 23.9 Å². The molecule has 2 aliphatic heterocycles.